The second-order valence-corrected chi connectivity index (χ2v) is 7.27. The van der Waals surface area contributed by atoms with Crippen LogP contribution in [0.1, 0.15) is 33.2 Å². The highest BCUT2D eigenvalue weighted by Gasteiger charge is 2.18. The molecule has 3 aromatic carbocycles. The highest BCUT2D eigenvalue weighted by atomic mass is 79.9. The molecule has 0 amide bonds. The maximum atomic E-state index is 12.5. The highest BCUT2D eigenvalue weighted by molar-refractivity contribution is 9.10. The fourth-order valence-electron chi connectivity index (χ4n) is 2.74. The Hall–Kier alpha value is -3.12. The van der Waals surface area contributed by atoms with Crippen LogP contribution in [-0.4, -0.2) is 25.2 Å². The van der Waals surface area contributed by atoms with Gasteiger partial charge < -0.3 is 14.2 Å². The number of rotatable bonds is 8. The molecule has 0 aromatic heterocycles. The van der Waals surface area contributed by atoms with E-state index in [-0.39, 0.29) is 17.9 Å². The van der Waals surface area contributed by atoms with E-state index >= 15 is 0 Å². The Morgan fingerprint density at radius 3 is 2.33 bits per heavy atom. The number of esters is 2. The van der Waals surface area contributed by atoms with Crippen LogP contribution in [0.15, 0.2) is 77.3 Å². The Labute approximate surface area is 183 Å². The van der Waals surface area contributed by atoms with E-state index < -0.39 is 11.9 Å². The first-order chi connectivity index (χ1) is 14.6. The van der Waals surface area contributed by atoms with Crippen LogP contribution in [0.4, 0.5) is 0 Å². The summed E-state index contributed by atoms with van der Waals surface area (Å²) in [4.78, 5) is 24.6. The maximum absolute atomic E-state index is 12.5. The van der Waals surface area contributed by atoms with Crippen molar-refractivity contribution >= 4 is 27.9 Å². The lowest BCUT2D eigenvalue weighted by Crippen LogP contribution is -2.13. The van der Waals surface area contributed by atoms with E-state index in [1.807, 2.05) is 18.2 Å². The second kappa shape index (κ2) is 10.6. The molecule has 0 N–H and O–H groups in total. The van der Waals surface area contributed by atoms with Gasteiger partial charge >= 0.3 is 11.9 Å². The standard InChI is InChI=1S/C24H21BrO5/c1-2-28-24(27)21-16-19(25)10-13-22(21)30-23(26)18-8-11-20(12-9-18)29-15-14-17-6-4-3-5-7-17/h3-13,16H,2,14-15H2,1H3. The molecular formula is C24H21BrO5. The molecule has 0 aliphatic heterocycles. The number of hydrogen-bond donors (Lipinski definition) is 0. The summed E-state index contributed by atoms with van der Waals surface area (Å²) in [6.07, 6.45) is 0.796. The van der Waals surface area contributed by atoms with Gasteiger partial charge in [-0.3, -0.25) is 0 Å². The molecule has 3 rings (SSSR count). The lowest BCUT2D eigenvalue weighted by molar-refractivity contribution is 0.0520. The van der Waals surface area contributed by atoms with Crippen molar-refractivity contribution in [1.29, 1.82) is 0 Å². The number of ether oxygens (including phenoxy) is 3. The fourth-order valence-corrected chi connectivity index (χ4v) is 3.10. The molecule has 0 saturated carbocycles. The molecule has 0 spiro atoms. The summed E-state index contributed by atoms with van der Waals surface area (Å²) in [5.41, 5.74) is 1.73. The van der Waals surface area contributed by atoms with Gasteiger partial charge in [0.2, 0.25) is 0 Å². The Morgan fingerprint density at radius 2 is 1.63 bits per heavy atom. The van der Waals surface area contributed by atoms with E-state index in [1.165, 1.54) is 5.56 Å². The predicted octanol–water partition coefficient (Wildman–Crippen LogP) is 5.47. The van der Waals surface area contributed by atoms with Gasteiger partial charge in [-0.05, 0) is 55.0 Å². The third kappa shape index (κ3) is 5.94. The Balaban J connectivity index is 1.61. The summed E-state index contributed by atoms with van der Waals surface area (Å²) in [6, 6.07) is 21.6. The van der Waals surface area contributed by atoms with Gasteiger partial charge in [0.25, 0.3) is 0 Å². The molecule has 154 valence electrons. The van der Waals surface area contributed by atoms with E-state index in [0.717, 1.165) is 6.42 Å². The lowest BCUT2D eigenvalue weighted by atomic mass is 10.2. The Morgan fingerprint density at radius 1 is 0.900 bits per heavy atom. The van der Waals surface area contributed by atoms with E-state index in [4.69, 9.17) is 14.2 Å². The van der Waals surface area contributed by atoms with Crippen molar-refractivity contribution in [2.24, 2.45) is 0 Å². The van der Waals surface area contributed by atoms with E-state index in [1.54, 1.807) is 49.4 Å². The van der Waals surface area contributed by atoms with Crippen molar-refractivity contribution in [3.05, 3.63) is 94.0 Å². The fraction of sp³-hybridized carbons (Fsp3) is 0.167. The van der Waals surface area contributed by atoms with Gasteiger partial charge in [0, 0.05) is 10.9 Å². The van der Waals surface area contributed by atoms with Gasteiger partial charge in [0.1, 0.15) is 17.1 Å². The van der Waals surface area contributed by atoms with Crippen molar-refractivity contribution in [3.8, 4) is 11.5 Å². The lowest BCUT2D eigenvalue weighted by Gasteiger charge is -2.11. The van der Waals surface area contributed by atoms with Gasteiger partial charge in [0.05, 0.1) is 18.8 Å². The van der Waals surface area contributed by atoms with Crippen LogP contribution in [0.5, 0.6) is 11.5 Å². The molecular weight excluding hydrogens is 448 g/mol. The molecule has 0 fully saturated rings. The number of halogens is 1. The van der Waals surface area contributed by atoms with Crippen LogP contribution in [0.3, 0.4) is 0 Å². The molecule has 6 heteroatoms. The molecule has 3 aromatic rings. The zero-order valence-electron chi connectivity index (χ0n) is 16.5. The number of hydrogen-bond acceptors (Lipinski definition) is 5. The van der Waals surface area contributed by atoms with Crippen LogP contribution >= 0.6 is 15.9 Å². The second-order valence-electron chi connectivity index (χ2n) is 6.36. The van der Waals surface area contributed by atoms with Gasteiger partial charge in [0.15, 0.2) is 0 Å². The normalized spacial score (nSPS) is 10.3. The first kappa shape index (κ1) is 21.6. The molecule has 0 bridgehead atoms. The van der Waals surface area contributed by atoms with Crippen LogP contribution in [0, 0.1) is 0 Å². The minimum Gasteiger partial charge on any atom is -0.493 e. The van der Waals surface area contributed by atoms with Gasteiger partial charge in [-0.2, -0.15) is 0 Å². The van der Waals surface area contributed by atoms with Crippen molar-refractivity contribution < 1.29 is 23.8 Å². The maximum Gasteiger partial charge on any atom is 0.343 e. The molecule has 0 heterocycles. The molecule has 30 heavy (non-hydrogen) atoms. The van der Waals surface area contributed by atoms with Crippen LogP contribution < -0.4 is 9.47 Å². The summed E-state index contributed by atoms with van der Waals surface area (Å²) < 4.78 is 16.9. The summed E-state index contributed by atoms with van der Waals surface area (Å²) in [6.45, 7) is 2.48. The topological polar surface area (TPSA) is 61.8 Å². The first-order valence-corrected chi connectivity index (χ1v) is 10.3. The minimum atomic E-state index is -0.571. The first-order valence-electron chi connectivity index (χ1n) is 9.52. The Kier molecular flexibility index (Phi) is 7.63. The van der Waals surface area contributed by atoms with Gasteiger partial charge in [-0.1, -0.05) is 46.3 Å². The highest BCUT2D eigenvalue weighted by Crippen LogP contribution is 2.25. The zero-order valence-corrected chi connectivity index (χ0v) is 18.1. The Bertz CT molecular complexity index is 1000. The number of carbonyl (C=O) groups is 2. The predicted molar refractivity (Wildman–Crippen MR) is 117 cm³/mol. The minimum absolute atomic E-state index is 0.143. The zero-order chi connectivity index (χ0) is 21.3. The van der Waals surface area contributed by atoms with Crippen LogP contribution in [-0.2, 0) is 11.2 Å². The smallest absolute Gasteiger partial charge is 0.343 e. The largest absolute Gasteiger partial charge is 0.493 e. The average molecular weight is 469 g/mol. The summed E-state index contributed by atoms with van der Waals surface area (Å²) in [5.74, 6) is -0.314. The van der Waals surface area contributed by atoms with Crippen LogP contribution in [0.2, 0.25) is 0 Å². The molecule has 0 aliphatic carbocycles. The van der Waals surface area contributed by atoms with Gasteiger partial charge in [-0.25, -0.2) is 9.59 Å². The van der Waals surface area contributed by atoms with Crippen molar-refractivity contribution in [2.45, 2.75) is 13.3 Å². The average Bonchev–Trinajstić information content (AvgIpc) is 2.76. The molecule has 0 saturated heterocycles. The number of carbonyl (C=O) groups excluding carboxylic acids is 2. The molecule has 0 unspecified atom stereocenters. The van der Waals surface area contributed by atoms with Crippen molar-refractivity contribution in [2.75, 3.05) is 13.2 Å². The summed E-state index contributed by atoms with van der Waals surface area (Å²) in [5, 5.41) is 0. The van der Waals surface area contributed by atoms with E-state index in [9.17, 15) is 9.59 Å². The molecule has 5 nitrogen and oxygen atoms in total. The van der Waals surface area contributed by atoms with Crippen LogP contribution in [0.25, 0.3) is 0 Å². The molecule has 0 aliphatic rings. The SMILES string of the molecule is CCOC(=O)c1cc(Br)ccc1OC(=O)c1ccc(OCCc2ccccc2)cc1. The summed E-state index contributed by atoms with van der Waals surface area (Å²) in [7, 11) is 0. The quantitative estimate of drug-likeness (QED) is 0.324. The summed E-state index contributed by atoms with van der Waals surface area (Å²) >= 11 is 3.31. The number of benzene rings is 3. The third-order valence-electron chi connectivity index (χ3n) is 4.23. The molecule has 0 atom stereocenters. The molecule has 0 radical (unpaired) electrons. The third-order valence-corrected chi connectivity index (χ3v) is 4.73. The van der Waals surface area contributed by atoms with Crippen molar-refractivity contribution in [1.82, 2.24) is 0 Å². The van der Waals surface area contributed by atoms with Crippen molar-refractivity contribution in [3.63, 3.8) is 0 Å². The van der Waals surface area contributed by atoms with E-state index in [0.29, 0.717) is 22.4 Å². The van der Waals surface area contributed by atoms with E-state index in [2.05, 4.69) is 28.1 Å². The monoisotopic (exact) mass is 468 g/mol. The van der Waals surface area contributed by atoms with Gasteiger partial charge in [-0.15, -0.1) is 0 Å².